The smallest absolute Gasteiger partial charge is 0.291 e. The number of hydrogen-bond donors (Lipinski definition) is 2. The Hall–Kier alpha value is -3.41. The van der Waals surface area contributed by atoms with Crippen LogP contribution in [0.15, 0.2) is 34.7 Å². The van der Waals surface area contributed by atoms with Crippen LogP contribution in [0.2, 0.25) is 19.6 Å². The van der Waals surface area contributed by atoms with E-state index in [4.69, 9.17) is 18.6 Å². The van der Waals surface area contributed by atoms with Crippen LogP contribution in [-0.4, -0.2) is 82.5 Å². The molecule has 1 aliphatic heterocycles. The van der Waals surface area contributed by atoms with Crippen LogP contribution >= 0.6 is 0 Å². The van der Waals surface area contributed by atoms with Gasteiger partial charge in [0, 0.05) is 26.1 Å². The van der Waals surface area contributed by atoms with Crippen molar-refractivity contribution in [2.45, 2.75) is 39.4 Å². The molecule has 40 heavy (non-hydrogen) atoms. The second-order valence-electron chi connectivity index (χ2n) is 11.0. The third kappa shape index (κ3) is 7.61. The first-order chi connectivity index (χ1) is 19.2. The van der Waals surface area contributed by atoms with Gasteiger partial charge in [-0.05, 0) is 43.1 Å². The van der Waals surface area contributed by atoms with Gasteiger partial charge < -0.3 is 29.3 Å². The Morgan fingerprint density at radius 3 is 2.40 bits per heavy atom. The van der Waals surface area contributed by atoms with E-state index in [9.17, 15) is 4.79 Å². The number of morpholine rings is 1. The van der Waals surface area contributed by atoms with Crippen LogP contribution in [0.3, 0.4) is 0 Å². The van der Waals surface area contributed by atoms with Gasteiger partial charge in [0.2, 0.25) is 17.7 Å². The van der Waals surface area contributed by atoms with Gasteiger partial charge in [0.1, 0.15) is 5.76 Å². The van der Waals surface area contributed by atoms with Crippen LogP contribution < -0.4 is 25.3 Å². The number of anilines is 2. The molecule has 0 bridgehead atoms. The fourth-order valence-corrected chi connectivity index (χ4v) is 5.71. The highest BCUT2D eigenvalue weighted by atomic mass is 28.3. The van der Waals surface area contributed by atoms with Crippen molar-refractivity contribution in [2.75, 3.05) is 64.2 Å². The molecule has 0 unspecified atom stereocenters. The van der Waals surface area contributed by atoms with E-state index in [0.717, 1.165) is 39.3 Å². The van der Waals surface area contributed by atoms with Gasteiger partial charge in [-0.15, -0.1) is 0 Å². The van der Waals surface area contributed by atoms with Crippen LogP contribution in [0.5, 0.6) is 11.8 Å². The highest BCUT2D eigenvalue weighted by Crippen LogP contribution is 2.33. The fourth-order valence-electron chi connectivity index (χ4n) is 4.52. The fraction of sp³-hybridized carbons (Fsp3) is 0.483. The number of rotatable bonds is 12. The minimum absolute atomic E-state index is 0.184. The van der Waals surface area contributed by atoms with Crippen molar-refractivity contribution in [3.8, 4) is 11.8 Å². The molecule has 3 aromatic rings. The maximum Gasteiger partial charge on any atom is 0.291 e. The maximum absolute atomic E-state index is 13.1. The minimum atomic E-state index is -1.44. The Bertz CT molecular complexity index is 1280. The summed E-state index contributed by atoms with van der Waals surface area (Å²) in [6.45, 7) is 14.2. The number of aromatic nitrogens is 2. The van der Waals surface area contributed by atoms with Crippen LogP contribution in [0.1, 0.15) is 33.9 Å². The van der Waals surface area contributed by atoms with Crippen molar-refractivity contribution in [2.24, 2.45) is 0 Å². The van der Waals surface area contributed by atoms with Crippen molar-refractivity contribution >= 4 is 30.8 Å². The quantitative estimate of drug-likeness (QED) is 0.249. The van der Waals surface area contributed by atoms with E-state index < -0.39 is 14.0 Å². The van der Waals surface area contributed by atoms with Gasteiger partial charge in [-0.1, -0.05) is 43.0 Å². The molecule has 2 N–H and O–H groups in total. The molecule has 1 saturated heterocycles. The molecule has 1 amide bonds. The number of methoxy groups -OCH3 is 2. The maximum atomic E-state index is 13.1. The summed E-state index contributed by atoms with van der Waals surface area (Å²) in [5, 5.41) is 7.42. The van der Waals surface area contributed by atoms with Gasteiger partial charge in [0.05, 0.1) is 35.5 Å². The second-order valence-corrected chi connectivity index (χ2v) is 16.0. The number of benzene rings is 1. The van der Waals surface area contributed by atoms with Gasteiger partial charge in [0.15, 0.2) is 11.4 Å². The Morgan fingerprint density at radius 1 is 1.05 bits per heavy atom. The van der Waals surface area contributed by atoms with Crippen molar-refractivity contribution < 1.29 is 23.4 Å². The predicted molar refractivity (Wildman–Crippen MR) is 159 cm³/mol. The van der Waals surface area contributed by atoms with Crippen LogP contribution in [0, 0.1) is 6.92 Å². The van der Waals surface area contributed by atoms with Gasteiger partial charge >= 0.3 is 0 Å². The average molecular weight is 568 g/mol. The molecule has 1 fully saturated rings. The third-order valence-electron chi connectivity index (χ3n) is 6.97. The van der Waals surface area contributed by atoms with E-state index in [2.05, 4.69) is 70.3 Å². The van der Waals surface area contributed by atoms with E-state index in [1.54, 1.807) is 6.07 Å². The van der Waals surface area contributed by atoms with Gasteiger partial charge in [0.25, 0.3) is 5.91 Å². The lowest BCUT2D eigenvalue weighted by Gasteiger charge is -2.26. The monoisotopic (exact) mass is 567 g/mol. The van der Waals surface area contributed by atoms with Gasteiger partial charge in [-0.3, -0.25) is 9.69 Å². The lowest BCUT2D eigenvalue weighted by atomic mass is 10.0. The van der Waals surface area contributed by atoms with Gasteiger partial charge in [-0.25, -0.2) is 0 Å². The van der Waals surface area contributed by atoms with Crippen molar-refractivity contribution in [1.29, 1.82) is 0 Å². The number of furan rings is 1. The first-order valence-electron chi connectivity index (χ1n) is 13.7. The number of hydrogen-bond acceptors (Lipinski definition) is 9. The first kappa shape index (κ1) is 29.6. The number of nitrogens with zero attached hydrogens (tertiary/aromatic N) is 3. The van der Waals surface area contributed by atoms with Crippen molar-refractivity contribution in [3.05, 3.63) is 53.0 Å². The highest BCUT2D eigenvalue weighted by Gasteiger charge is 2.22. The first-order valence-corrected chi connectivity index (χ1v) is 17.2. The number of amides is 1. The van der Waals surface area contributed by atoms with Crippen molar-refractivity contribution in [1.82, 2.24) is 14.9 Å². The number of nitrogens with one attached hydrogen (secondary N) is 2. The van der Waals surface area contributed by atoms with E-state index in [1.165, 1.54) is 30.5 Å². The molecule has 0 spiro atoms. The van der Waals surface area contributed by atoms with Crippen molar-refractivity contribution in [3.63, 3.8) is 0 Å². The third-order valence-corrected chi connectivity index (χ3v) is 9.01. The summed E-state index contributed by atoms with van der Waals surface area (Å²) in [5.41, 5.74) is 2.64. The zero-order valence-electron chi connectivity index (χ0n) is 24.4. The van der Waals surface area contributed by atoms with E-state index >= 15 is 0 Å². The zero-order valence-corrected chi connectivity index (χ0v) is 25.4. The minimum Gasteiger partial charge on any atom is -0.479 e. The highest BCUT2D eigenvalue weighted by molar-refractivity contribution is 6.88. The number of ether oxygens (including phenoxy) is 3. The molecule has 2 aromatic heterocycles. The molecule has 4 rings (SSSR count). The Balaban J connectivity index is 1.41. The van der Waals surface area contributed by atoms with Gasteiger partial charge in [-0.2, -0.15) is 9.97 Å². The zero-order chi connectivity index (χ0) is 28.7. The summed E-state index contributed by atoms with van der Waals surface area (Å²) in [6.07, 6.45) is 1.54. The second kappa shape index (κ2) is 13.3. The Morgan fingerprint density at radius 2 is 1.75 bits per heavy atom. The lowest BCUT2D eigenvalue weighted by Crippen LogP contribution is -2.37. The van der Waals surface area contributed by atoms with Crippen LogP contribution in [0.4, 0.5) is 11.6 Å². The number of carbonyl (C=O) groups excluding carboxylic acids is 1. The largest absolute Gasteiger partial charge is 0.479 e. The summed E-state index contributed by atoms with van der Waals surface area (Å²) in [4.78, 5) is 24.4. The molecule has 0 atom stereocenters. The molecule has 3 heterocycles. The number of carbonyl (C=O) groups is 1. The molecule has 216 valence electrons. The normalized spacial score (nSPS) is 14.2. The molecule has 0 radical (unpaired) electrons. The molecule has 1 aliphatic rings. The summed E-state index contributed by atoms with van der Waals surface area (Å²) in [5.74, 6) is 1.22. The molecule has 0 saturated carbocycles. The summed E-state index contributed by atoms with van der Waals surface area (Å²) >= 11 is 0. The summed E-state index contributed by atoms with van der Waals surface area (Å²) < 4.78 is 22.3. The Kier molecular flexibility index (Phi) is 9.83. The topological polar surface area (TPSA) is 111 Å². The van der Waals surface area contributed by atoms with E-state index in [-0.39, 0.29) is 23.2 Å². The van der Waals surface area contributed by atoms with Crippen LogP contribution in [0.25, 0.3) is 0 Å². The molecule has 1 aromatic carbocycles. The number of aryl methyl sites for hydroxylation is 1. The Labute approximate surface area is 237 Å². The summed E-state index contributed by atoms with van der Waals surface area (Å²) in [7, 11) is 1.53. The molecular formula is C29H41N5O5Si. The van der Waals surface area contributed by atoms with Crippen LogP contribution in [-0.2, 0) is 11.2 Å². The molecule has 10 nitrogen and oxygen atoms in total. The lowest BCUT2D eigenvalue weighted by molar-refractivity contribution is 0.0378. The molecule has 11 heteroatoms. The van der Waals surface area contributed by atoms with E-state index in [0.29, 0.717) is 24.7 Å². The standard InChI is InChI=1S/C29H41N5O5Si/c1-20-8-10-23(40(4,5)6)19-21(20)18-22-9-11-24(39-22)26(35)31-25-27(36-2)32-29(33-28(25)37-3)30-12-7-13-34-14-16-38-17-15-34/h8-11,19H,7,12-18H2,1-6H3,(H,31,35)(H,30,32,33). The predicted octanol–water partition coefficient (Wildman–Crippen LogP) is 3.92. The SMILES string of the molecule is COc1nc(NCCCN2CCOCC2)nc(OC)c1NC(=O)c1ccc(Cc2cc([Si](C)(C)C)ccc2C)o1. The average Bonchev–Trinajstić information content (AvgIpc) is 3.41. The summed E-state index contributed by atoms with van der Waals surface area (Å²) in [6, 6.07) is 10.2. The molecule has 0 aliphatic carbocycles. The molecular weight excluding hydrogens is 526 g/mol. The van der Waals surface area contributed by atoms with E-state index in [1.807, 2.05) is 6.07 Å².